The van der Waals surface area contributed by atoms with E-state index in [4.69, 9.17) is 0 Å². The molecule has 1 aliphatic heterocycles. The zero-order valence-corrected chi connectivity index (χ0v) is 15.7. The smallest absolute Gasteiger partial charge is 0.249 e. The third kappa shape index (κ3) is 4.37. The van der Waals surface area contributed by atoms with Gasteiger partial charge < -0.3 is 14.9 Å². The molecule has 1 heterocycles. The zero-order chi connectivity index (χ0) is 19.2. The van der Waals surface area contributed by atoms with Gasteiger partial charge in [-0.1, -0.05) is 62.2 Å². The lowest BCUT2D eigenvalue weighted by Crippen LogP contribution is -2.58. The molecule has 0 aromatic heterocycles. The number of anilines is 1. The molecule has 2 aromatic carbocycles. The third-order valence-electron chi connectivity index (χ3n) is 5.05. The normalized spacial score (nSPS) is 17.3. The molecule has 1 aliphatic rings. The second-order valence-electron chi connectivity index (χ2n) is 6.90. The first-order chi connectivity index (χ1) is 13.1. The summed E-state index contributed by atoms with van der Waals surface area (Å²) < 4.78 is 0. The molecule has 1 atom stereocenters. The number of aliphatic hydroxyl groups excluding tert-OH is 1. The number of aliphatic hydroxyl groups is 1. The lowest BCUT2D eigenvalue weighted by atomic mass is 10.0. The van der Waals surface area contributed by atoms with Crippen LogP contribution in [-0.2, 0) is 9.59 Å². The van der Waals surface area contributed by atoms with E-state index in [1.165, 1.54) is 4.90 Å². The summed E-state index contributed by atoms with van der Waals surface area (Å²) in [7, 11) is 0. The molecule has 2 amide bonds. The van der Waals surface area contributed by atoms with Crippen LogP contribution < -0.4 is 4.90 Å². The Bertz CT molecular complexity index is 791. The van der Waals surface area contributed by atoms with Gasteiger partial charge in [-0.2, -0.15) is 0 Å². The fraction of sp³-hybridized carbons (Fsp3) is 0.364. The Balaban J connectivity index is 1.86. The molecule has 27 heavy (non-hydrogen) atoms. The maximum Gasteiger partial charge on any atom is 0.249 e. The summed E-state index contributed by atoms with van der Waals surface area (Å²) in [5, 5.41) is 9.25. The van der Waals surface area contributed by atoms with E-state index in [0.29, 0.717) is 6.54 Å². The molecule has 0 saturated carbocycles. The van der Waals surface area contributed by atoms with Crippen LogP contribution in [0.15, 0.2) is 54.6 Å². The highest BCUT2D eigenvalue weighted by Gasteiger charge is 2.34. The van der Waals surface area contributed by atoms with Crippen LogP contribution in [0, 0.1) is 0 Å². The number of hydrogen-bond acceptors (Lipinski definition) is 3. The number of amides is 2. The average Bonchev–Trinajstić information content (AvgIpc) is 2.72. The van der Waals surface area contributed by atoms with Gasteiger partial charge in [-0.3, -0.25) is 9.59 Å². The zero-order valence-electron chi connectivity index (χ0n) is 15.7. The van der Waals surface area contributed by atoms with Crippen LogP contribution in [0.25, 0.3) is 11.1 Å². The number of carbonyl (C=O) groups is 2. The van der Waals surface area contributed by atoms with Crippen molar-refractivity contribution in [2.75, 3.05) is 24.6 Å². The first-order valence-electron chi connectivity index (χ1n) is 9.50. The highest BCUT2D eigenvalue weighted by atomic mass is 16.3. The van der Waals surface area contributed by atoms with Gasteiger partial charge in [0.25, 0.3) is 0 Å². The number of piperazine rings is 1. The predicted molar refractivity (Wildman–Crippen MR) is 106 cm³/mol. The van der Waals surface area contributed by atoms with Crippen molar-refractivity contribution in [3.05, 3.63) is 54.6 Å². The molecule has 1 fully saturated rings. The summed E-state index contributed by atoms with van der Waals surface area (Å²) in [6.45, 7) is 2.03. The van der Waals surface area contributed by atoms with Gasteiger partial charge in [-0.05, 0) is 29.7 Å². The van der Waals surface area contributed by atoms with Crippen LogP contribution in [0.1, 0.15) is 26.2 Å². The van der Waals surface area contributed by atoms with Gasteiger partial charge in [0.15, 0.2) is 0 Å². The Kier molecular flexibility index (Phi) is 6.24. The van der Waals surface area contributed by atoms with Gasteiger partial charge in [-0.25, -0.2) is 0 Å². The van der Waals surface area contributed by atoms with Gasteiger partial charge in [0, 0.05) is 12.2 Å². The summed E-state index contributed by atoms with van der Waals surface area (Å²) in [6.07, 6.45) is 2.82. The van der Waals surface area contributed by atoms with E-state index in [-0.39, 0.29) is 24.4 Å². The second kappa shape index (κ2) is 8.82. The average molecular weight is 366 g/mol. The summed E-state index contributed by atoms with van der Waals surface area (Å²) in [5.74, 6) is -0.489. The van der Waals surface area contributed by atoms with E-state index in [9.17, 15) is 14.7 Å². The lowest BCUT2D eigenvalue weighted by Gasteiger charge is -2.41. The van der Waals surface area contributed by atoms with Crippen LogP contribution in [0.5, 0.6) is 0 Å². The van der Waals surface area contributed by atoms with Crippen molar-refractivity contribution in [3.63, 3.8) is 0 Å². The molecule has 0 spiro atoms. The van der Waals surface area contributed by atoms with Gasteiger partial charge in [-0.15, -0.1) is 0 Å². The summed E-state index contributed by atoms with van der Waals surface area (Å²) in [6, 6.07) is 17.9. The Morgan fingerprint density at radius 2 is 1.85 bits per heavy atom. The Hall–Kier alpha value is -2.66. The molecular formula is C22H26N2O3. The number of nitrogens with zero attached hydrogens (tertiary/aromatic N) is 2. The van der Waals surface area contributed by atoms with Crippen molar-refractivity contribution in [1.29, 1.82) is 0 Å². The minimum atomic E-state index is -0.556. The lowest BCUT2D eigenvalue weighted by molar-refractivity contribution is -0.142. The molecule has 0 aliphatic carbocycles. The first-order valence-corrected chi connectivity index (χ1v) is 9.50. The predicted octanol–water partition coefficient (Wildman–Crippen LogP) is 3.08. The van der Waals surface area contributed by atoms with Crippen LogP contribution in [-0.4, -0.2) is 47.6 Å². The number of carbonyl (C=O) groups excluding carboxylic acids is 2. The number of unbranched alkanes of at least 4 members (excludes halogenated alkanes) is 1. The van der Waals surface area contributed by atoms with Crippen molar-refractivity contribution >= 4 is 17.5 Å². The third-order valence-corrected chi connectivity index (χ3v) is 5.05. The molecule has 1 unspecified atom stereocenters. The van der Waals surface area contributed by atoms with Crippen LogP contribution >= 0.6 is 0 Å². The highest BCUT2D eigenvalue weighted by Crippen LogP contribution is 2.27. The van der Waals surface area contributed by atoms with Crippen LogP contribution in [0.3, 0.4) is 0 Å². The van der Waals surface area contributed by atoms with Crippen LogP contribution in [0.2, 0.25) is 0 Å². The fourth-order valence-electron chi connectivity index (χ4n) is 3.57. The molecule has 2 aromatic rings. The van der Waals surface area contributed by atoms with Crippen molar-refractivity contribution in [1.82, 2.24) is 4.90 Å². The molecule has 142 valence electrons. The van der Waals surface area contributed by atoms with Gasteiger partial charge in [0.1, 0.15) is 13.2 Å². The van der Waals surface area contributed by atoms with Gasteiger partial charge in [0.05, 0.1) is 6.04 Å². The van der Waals surface area contributed by atoms with E-state index in [1.54, 1.807) is 4.90 Å². The van der Waals surface area contributed by atoms with Gasteiger partial charge in [0.2, 0.25) is 11.8 Å². The molecule has 0 radical (unpaired) electrons. The fourth-order valence-corrected chi connectivity index (χ4v) is 3.57. The summed E-state index contributed by atoms with van der Waals surface area (Å²) >= 11 is 0. The van der Waals surface area contributed by atoms with Gasteiger partial charge >= 0.3 is 0 Å². The van der Waals surface area contributed by atoms with Crippen molar-refractivity contribution in [2.45, 2.75) is 32.2 Å². The second-order valence-corrected chi connectivity index (χ2v) is 6.90. The summed E-state index contributed by atoms with van der Waals surface area (Å²) in [4.78, 5) is 28.1. The minimum Gasteiger partial charge on any atom is -0.387 e. The molecule has 1 saturated heterocycles. The molecule has 5 heteroatoms. The van der Waals surface area contributed by atoms with Crippen molar-refractivity contribution in [3.8, 4) is 11.1 Å². The van der Waals surface area contributed by atoms with E-state index >= 15 is 0 Å². The Morgan fingerprint density at radius 1 is 1.11 bits per heavy atom. The standard InChI is InChI=1S/C22H26N2O3/c1-2-3-11-20-14-23(21(26)15-24(20)22(27)16-25)19-12-7-10-18(13-19)17-8-5-4-6-9-17/h4-10,12-13,20,25H,2-3,11,14-16H2,1H3. The monoisotopic (exact) mass is 366 g/mol. The topological polar surface area (TPSA) is 60.9 Å². The molecule has 1 N–H and O–H groups in total. The number of hydrogen-bond donors (Lipinski definition) is 1. The summed E-state index contributed by atoms with van der Waals surface area (Å²) in [5.41, 5.74) is 3.00. The highest BCUT2D eigenvalue weighted by molar-refractivity contribution is 5.98. The maximum atomic E-state index is 12.7. The van der Waals surface area contributed by atoms with E-state index in [1.807, 2.05) is 54.6 Å². The molecular weight excluding hydrogens is 340 g/mol. The van der Waals surface area contributed by atoms with E-state index in [0.717, 1.165) is 36.1 Å². The SMILES string of the molecule is CCCCC1CN(c2cccc(-c3ccccc3)c2)C(=O)CN1C(=O)CO. The van der Waals surface area contributed by atoms with Crippen molar-refractivity contribution in [2.24, 2.45) is 0 Å². The molecule has 0 bridgehead atoms. The largest absolute Gasteiger partial charge is 0.387 e. The van der Waals surface area contributed by atoms with E-state index in [2.05, 4.69) is 6.92 Å². The van der Waals surface area contributed by atoms with Crippen molar-refractivity contribution < 1.29 is 14.7 Å². The van der Waals surface area contributed by atoms with Crippen LogP contribution in [0.4, 0.5) is 5.69 Å². The Labute approximate surface area is 160 Å². The molecule has 3 rings (SSSR count). The van der Waals surface area contributed by atoms with E-state index < -0.39 is 6.61 Å². The number of rotatable bonds is 6. The number of benzene rings is 2. The minimum absolute atomic E-state index is 0.0172. The molecule has 5 nitrogen and oxygen atoms in total. The maximum absolute atomic E-state index is 12.7. The quantitative estimate of drug-likeness (QED) is 0.855. The Morgan fingerprint density at radius 3 is 2.56 bits per heavy atom. The first kappa shape index (κ1) is 19.1.